The highest BCUT2D eigenvalue weighted by Gasteiger charge is 2.39. The average molecular weight is 404 g/mol. The molecular weight excluding hydrogens is 380 g/mol. The summed E-state index contributed by atoms with van der Waals surface area (Å²) in [6, 6.07) is 13.8. The van der Waals surface area contributed by atoms with E-state index in [0.717, 1.165) is 24.1 Å². The second-order valence-corrected chi connectivity index (χ2v) is 8.08. The molecule has 3 amide bonds. The minimum atomic E-state index is -0.584. The smallest absolute Gasteiger partial charge is 0.255 e. The first kappa shape index (κ1) is 18.8. The van der Waals surface area contributed by atoms with Crippen molar-refractivity contribution in [3.05, 3.63) is 64.7 Å². The highest BCUT2D eigenvalue weighted by atomic mass is 16.2. The third kappa shape index (κ3) is 3.25. The predicted molar refractivity (Wildman–Crippen MR) is 112 cm³/mol. The Morgan fingerprint density at radius 3 is 2.77 bits per heavy atom. The van der Waals surface area contributed by atoms with Crippen molar-refractivity contribution >= 4 is 23.4 Å². The molecule has 3 aliphatic rings. The molecular formula is C23H24N4O3. The number of fused-ring (bicyclic) bond motifs is 2. The van der Waals surface area contributed by atoms with Gasteiger partial charge in [-0.15, -0.1) is 0 Å². The van der Waals surface area contributed by atoms with Crippen molar-refractivity contribution in [2.45, 2.75) is 44.4 Å². The number of hydrogen-bond donors (Lipinski definition) is 3. The number of carbonyl (C=O) groups is 3. The minimum absolute atomic E-state index is 0.131. The van der Waals surface area contributed by atoms with Crippen LogP contribution in [-0.4, -0.2) is 35.2 Å². The van der Waals surface area contributed by atoms with E-state index in [1.54, 1.807) is 4.90 Å². The maximum atomic E-state index is 13.0. The van der Waals surface area contributed by atoms with Crippen molar-refractivity contribution in [1.82, 2.24) is 15.5 Å². The van der Waals surface area contributed by atoms with E-state index >= 15 is 0 Å². The van der Waals surface area contributed by atoms with Crippen LogP contribution in [0.25, 0.3) is 0 Å². The summed E-state index contributed by atoms with van der Waals surface area (Å²) in [5.41, 5.74) is 5.13. The fourth-order valence-corrected chi connectivity index (χ4v) is 4.73. The van der Waals surface area contributed by atoms with Gasteiger partial charge < -0.3 is 15.5 Å². The maximum absolute atomic E-state index is 13.0. The van der Waals surface area contributed by atoms with Crippen LogP contribution >= 0.6 is 0 Å². The third-order valence-corrected chi connectivity index (χ3v) is 6.30. The highest BCUT2D eigenvalue weighted by Crippen LogP contribution is 2.32. The van der Waals surface area contributed by atoms with E-state index in [4.69, 9.17) is 0 Å². The number of imide groups is 1. The van der Waals surface area contributed by atoms with Crippen LogP contribution in [0.3, 0.4) is 0 Å². The molecule has 0 aliphatic carbocycles. The molecule has 0 radical (unpaired) electrons. The number of piperidine rings is 1. The lowest BCUT2D eigenvalue weighted by Crippen LogP contribution is -2.52. The fourth-order valence-electron chi connectivity index (χ4n) is 4.73. The number of nitrogens with one attached hydrogen (secondary N) is 3. The van der Waals surface area contributed by atoms with E-state index in [1.165, 1.54) is 11.3 Å². The van der Waals surface area contributed by atoms with Gasteiger partial charge in [0, 0.05) is 43.3 Å². The van der Waals surface area contributed by atoms with E-state index in [9.17, 15) is 14.4 Å². The van der Waals surface area contributed by atoms with Crippen LogP contribution in [-0.2, 0) is 22.7 Å². The highest BCUT2D eigenvalue weighted by molar-refractivity contribution is 6.05. The van der Waals surface area contributed by atoms with Crippen LogP contribution in [0.4, 0.5) is 5.69 Å². The van der Waals surface area contributed by atoms with E-state index in [-0.39, 0.29) is 30.2 Å². The van der Waals surface area contributed by atoms with Gasteiger partial charge in [0.15, 0.2) is 0 Å². The number of benzene rings is 2. The molecule has 0 aromatic heterocycles. The average Bonchev–Trinajstić information content (AvgIpc) is 3.09. The Balaban J connectivity index is 1.34. The van der Waals surface area contributed by atoms with Crippen LogP contribution in [0.2, 0.25) is 0 Å². The monoisotopic (exact) mass is 404 g/mol. The molecule has 5 rings (SSSR count). The fraction of sp³-hybridized carbons (Fsp3) is 0.348. The number of para-hydroxylation sites is 1. The van der Waals surface area contributed by atoms with Gasteiger partial charge in [0.05, 0.1) is 0 Å². The van der Waals surface area contributed by atoms with Crippen molar-refractivity contribution in [3.63, 3.8) is 0 Å². The molecule has 0 bridgehead atoms. The standard InChI is InChI=1S/C23H24N4O3/c28-21-9-8-20(22(29)26-21)27-13-17-14(4-3-6-15(17)23(27)30)12-25-19-10-11-24-18-7-2-1-5-16(18)19/h1-7,19-20,24-25H,8-13H2,(H,26,28,29). The molecule has 3 aliphatic heterocycles. The van der Waals surface area contributed by atoms with E-state index in [0.29, 0.717) is 25.1 Å². The van der Waals surface area contributed by atoms with Gasteiger partial charge in [0.25, 0.3) is 5.91 Å². The summed E-state index contributed by atoms with van der Waals surface area (Å²) in [6.07, 6.45) is 1.64. The molecule has 2 unspecified atom stereocenters. The lowest BCUT2D eigenvalue weighted by molar-refractivity contribution is -0.136. The van der Waals surface area contributed by atoms with Crippen LogP contribution in [0.5, 0.6) is 0 Å². The van der Waals surface area contributed by atoms with Gasteiger partial charge in [-0.2, -0.15) is 0 Å². The van der Waals surface area contributed by atoms with Crippen molar-refractivity contribution < 1.29 is 14.4 Å². The molecule has 30 heavy (non-hydrogen) atoms. The van der Waals surface area contributed by atoms with Crippen molar-refractivity contribution in [2.75, 3.05) is 11.9 Å². The Hall–Kier alpha value is -3.19. The summed E-state index contributed by atoms with van der Waals surface area (Å²) < 4.78 is 0. The Morgan fingerprint density at radius 2 is 1.90 bits per heavy atom. The molecule has 3 N–H and O–H groups in total. The number of hydrogen-bond acceptors (Lipinski definition) is 5. The first-order chi connectivity index (χ1) is 14.6. The van der Waals surface area contributed by atoms with Gasteiger partial charge in [-0.1, -0.05) is 30.3 Å². The normalized spacial score (nSPS) is 22.9. The number of amides is 3. The number of rotatable bonds is 4. The molecule has 1 fully saturated rings. The van der Waals surface area contributed by atoms with Crippen molar-refractivity contribution in [1.29, 1.82) is 0 Å². The molecule has 7 nitrogen and oxygen atoms in total. The first-order valence-corrected chi connectivity index (χ1v) is 10.4. The van der Waals surface area contributed by atoms with Crippen LogP contribution in [0.15, 0.2) is 42.5 Å². The Kier molecular flexibility index (Phi) is 4.75. The SMILES string of the molecule is O=C1CCC(N2Cc3c(CNC4CCNc5ccccc54)cccc3C2=O)C(=O)N1. The predicted octanol–water partition coefficient (Wildman–Crippen LogP) is 2.09. The molecule has 3 heterocycles. The zero-order chi connectivity index (χ0) is 20.7. The zero-order valence-corrected chi connectivity index (χ0v) is 16.6. The summed E-state index contributed by atoms with van der Waals surface area (Å²) >= 11 is 0. The summed E-state index contributed by atoms with van der Waals surface area (Å²) in [6.45, 7) is 1.98. The first-order valence-electron chi connectivity index (χ1n) is 10.4. The summed E-state index contributed by atoms with van der Waals surface area (Å²) in [4.78, 5) is 38.3. The number of anilines is 1. The van der Waals surface area contributed by atoms with Gasteiger partial charge in [-0.05, 0) is 41.7 Å². The van der Waals surface area contributed by atoms with Crippen molar-refractivity contribution in [2.24, 2.45) is 0 Å². The van der Waals surface area contributed by atoms with Crippen LogP contribution < -0.4 is 16.0 Å². The lowest BCUT2D eigenvalue weighted by atomic mass is 9.97. The van der Waals surface area contributed by atoms with Crippen molar-refractivity contribution in [3.8, 4) is 0 Å². The van der Waals surface area contributed by atoms with E-state index < -0.39 is 6.04 Å². The number of carbonyl (C=O) groups excluding carboxylic acids is 3. The Morgan fingerprint density at radius 1 is 1.03 bits per heavy atom. The molecule has 2 aromatic carbocycles. The lowest BCUT2D eigenvalue weighted by Gasteiger charge is -2.29. The Labute approximate surface area is 174 Å². The molecule has 1 saturated heterocycles. The minimum Gasteiger partial charge on any atom is -0.385 e. The molecule has 7 heteroatoms. The van der Waals surface area contributed by atoms with E-state index in [1.807, 2.05) is 24.3 Å². The van der Waals surface area contributed by atoms with Gasteiger partial charge >= 0.3 is 0 Å². The summed E-state index contributed by atoms with van der Waals surface area (Å²) in [7, 11) is 0. The van der Waals surface area contributed by atoms with Gasteiger partial charge in [-0.25, -0.2) is 0 Å². The van der Waals surface area contributed by atoms with Crippen LogP contribution in [0.1, 0.15) is 52.4 Å². The third-order valence-electron chi connectivity index (χ3n) is 6.30. The summed E-state index contributed by atoms with van der Waals surface area (Å²) in [5, 5.41) is 9.44. The largest absolute Gasteiger partial charge is 0.385 e. The number of nitrogens with zero attached hydrogens (tertiary/aromatic N) is 1. The van der Waals surface area contributed by atoms with Gasteiger partial charge in [-0.3, -0.25) is 19.7 Å². The topological polar surface area (TPSA) is 90.5 Å². The molecule has 2 atom stereocenters. The molecule has 0 saturated carbocycles. The second kappa shape index (κ2) is 7.57. The molecule has 0 spiro atoms. The quantitative estimate of drug-likeness (QED) is 0.679. The van der Waals surface area contributed by atoms with Gasteiger partial charge in [0.1, 0.15) is 6.04 Å². The zero-order valence-electron chi connectivity index (χ0n) is 16.6. The summed E-state index contributed by atoms with van der Waals surface area (Å²) in [5.74, 6) is -0.778. The Bertz CT molecular complexity index is 1030. The second-order valence-electron chi connectivity index (χ2n) is 8.08. The molecule has 2 aromatic rings. The molecule has 154 valence electrons. The van der Waals surface area contributed by atoms with Gasteiger partial charge in [0.2, 0.25) is 11.8 Å². The maximum Gasteiger partial charge on any atom is 0.255 e. The van der Waals surface area contributed by atoms with E-state index in [2.05, 4.69) is 34.1 Å². The van der Waals surface area contributed by atoms with Crippen LogP contribution in [0, 0.1) is 0 Å².